The highest BCUT2D eigenvalue weighted by atomic mass is 31.0. The number of pyridine rings is 1. The molecule has 2 aromatic rings. The summed E-state index contributed by atoms with van der Waals surface area (Å²) in [5.41, 5.74) is -3.79. The second-order valence-electron chi connectivity index (χ2n) is 5.09. The number of aromatic nitrogens is 1. The Bertz CT molecular complexity index is 868. The maximum atomic E-state index is 13.6. The van der Waals surface area contributed by atoms with Gasteiger partial charge in [-0.05, 0) is 21.4 Å². The van der Waals surface area contributed by atoms with Crippen LogP contribution in [-0.2, 0) is 4.74 Å². The number of hydrogen-bond acceptors (Lipinski definition) is 7. The normalized spacial score (nSPS) is 12.3. The van der Waals surface area contributed by atoms with Gasteiger partial charge in [0.15, 0.2) is 0 Å². The van der Waals surface area contributed by atoms with Crippen molar-refractivity contribution < 1.29 is 32.4 Å². The largest absolute Gasteiger partial charge is 0.465 e. The van der Waals surface area contributed by atoms with Crippen LogP contribution in [0, 0.1) is 10.1 Å². The molecule has 1 heterocycles. The molecule has 0 aliphatic heterocycles. The third-order valence-corrected chi connectivity index (χ3v) is 3.52. The summed E-state index contributed by atoms with van der Waals surface area (Å²) in [6.07, 6.45) is -2.35. The summed E-state index contributed by atoms with van der Waals surface area (Å²) in [4.78, 5) is 25.7. The summed E-state index contributed by atoms with van der Waals surface area (Å²) >= 11 is 0. The van der Waals surface area contributed by atoms with E-state index in [1.165, 1.54) is 27.4 Å². The van der Waals surface area contributed by atoms with Crippen LogP contribution in [0.1, 0.15) is 24.2 Å². The molecule has 29 heavy (non-hydrogen) atoms. The molecule has 0 amide bonds. The van der Waals surface area contributed by atoms with Gasteiger partial charge in [-0.2, -0.15) is 4.39 Å². The van der Waals surface area contributed by atoms with Crippen LogP contribution in [0.2, 0.25) is 0 Å². The average molecular weight is 433 g/mol. The quantitative estimate of drug-likeness (QED) is 0.292. The molecular formula is C17H19F3N3O5P. The lowest BCUT2D eigenvalue weighted by Crippen LogP contribution is -2.31. The Balaban J connectivity index is 0.00000204. The second kappa shape index (κ2) is 10.6. The van der Waals surface area contributed by atoms with E-state index in [0.717, 1.165) is 25.4 Å². The fourth-order valence-corrected chi connectivity index (χ4v) is 2.05. The Morgan fingerprint density at radius 2 is 2.00 bits per heavy atom. The van der Waals surface area contributed by atoms with Crippen molar-refractivity contribution >= 4 is 32.4 Å². The van der Waals surface area contributed by atoms with Crippen molar-refractivity contribution in [1.82, 2.24) is 4.98 Å². The molecule has 1 aromatic heterocycles. The summed E-state index contributed by atoms with van der Waals surface area (Å²) in [6, 6.07) is 6.14. The number of rotatable bonds is 7. The minimum atomic E-state index is -3.41. The van der Waals surface area contributed by atoms with Gasteiger partial charge in [-0.3, -0.25) is 10.1 Å². The molecule has 12 heteroatoms. The van der Waals surface area contributed by atoms with E-state index in [0.29, 0.717) is 0 Å². The van der Waals surface area contributed by atoms with Gasteiger partial charge in [-0.25, -0.2) is 18.6 Å². The zero-order chi connectivity index (χ0) is 22.2. The van der Waals surface area contributed by atoms with Crippen molar-refractivity contribution in [3.63, 3.8) is 0 Å². The van der Waals surface area contributed by atoms with Gasteiger partial charge in [0, 0.05) is 24.0 Å². The maximum Gasteiger partial charge on any atom is 0.339 e. The third kappa shape index (κ3) is 6.56. The number of nitrogens with zero attached hydrogens (tertiary/aromatic N) is 2. The van der Waals surface area contributed by atoms with Crippen LogP contribution in [0.3, 0.4) is 0 Å². The fraction of sp³-hybridized carbons (Fsp3) is 0.294. The van der Waals surface area contributed by atoms with Crippen molar-refractivity contribution in [2.24, 2.45) is 0 Å². The summed E-state index contributed by atoms with van der Waals surface area (Å²) in [5.74, 6) is -1.28. The van der Waals surface area contributed by atoms with E-state index in [1.807, 2.05) is 13.8 Å². The summed E-state index contributed by atoms with van der Waals surface area (Å²) < 4.78 is 47.8. The number of anilines is 2. The first-order valence-corrected chi connectivity index (χ1v) is 8.76. The first-order valence-electron chi connectivity index (χ1n) is 8.19. The Kier molecular flexibility index (Phi) is 8.78. The smallest absolute Gasteiger partial charge is 0.339 e. The van der Waals surface area contributed by atoms with Crippen LogP contribution in [0.4, 0.5) is 30.4 Å². The lowest BCUT2D eigenvalue weighted by Gasteiger charge is -2.21. The van der Waals surface area contributed by atoms with Gasteiger partial charge in [0.1, 0.15) is 5.75 Å². The van der Waals surface area contributed by atoms with Crippen molar-refractivity contribution in [3.05, 3.63) is 52.2 Å². The Morgan fingerprint density at radius 1 is 1.34 bits per heavy atom. The van der Waals surface area contributed by atoms with Crippen LogP contribution in [0.5, 0.6) is 5.75 Å². The van der Waals surface area contributed by atoms with E-state index < -0.39 is 28.6 Å². The Hall–Kier alpha value is -2.94. The minimum absolute atomic E-state index is 0.131. The number of carbonyl (C=O) groups excluding carboxylic acids is 1. The molecule has 2 unspecified atom stereocenters. The number of esters is 1. The van der Waals surface area contributed by atoms with Gasteiger partial charge in [0.05, 0.1) is 17.6 Å². The van der Waals surface area contributed by atoms with E-state index in [-0.39, 0.29) is 22.8 Å². The van der Waals surface area contributed by atoms with Gasteiger partial charge >= 0.3 is 23.7 Å². The zero-order valence-electron chi connectivity index (χ0n) is 15.7. The predicted molar refractivity (Wildman–Crippen MR) is 103 cm³/mol. The Labute approximate surface area is 166 Å². The lowest BCUT2D eigenvalue weighted by atomic mass is 10.2. The predicted octanol–water partition coefficient (Wildman–Crippen LogP) is 4.69. The van der Waals surface area contributed by atoms with E-state index in [2.05, 4.69) is 19.8 Å². The molecule has 0 aliphatic rings. The third-order valence-electron chi connectivity index (χ3n) is 3.15. The number of carbonyl (C=O) groups is 1. The molecule has 0 saturated carbocycles. The van der Waals surface area contributed by atoms with Crippen LogP contribution < -0.4 is 10.1 Å². The molecule has 8 nitrogen and oxygen atoms in total. The summed E-state index contributed by atoms with van der Waals surface area (Å²) in [6.45, 7) is 4.00. The second-order valence-corrected chi connectivity index (χ2v) is 5.88. The van der Waals surface area contributed by atoms with Crippen molar-refractivity contribution in [2.45, 2.75) is 25.9 Å². The number of nitro groups is 1. The van der Waals surface area contributed by atoms with Gasteiger partial charge in [-0.1, -0.05) is 19.9 Å². The number of alkyl halides is 3. The molecule has 2 rings (SSSR count). The highest BCUT2D eigenvalue weighted by Gasteiger charge is 2.37. The molecule has 0 fully saturated rings. The van der Waals surface area contributed by atoms with Crippen LogP contribution in [0.15, 0.2) is 36.5 Å². The van der Waals surface area contributed by atoms with Gasteiger partial charge < -0.3 is 14.8 Å². The first kappa shape index (κ1) is 24.1. The van der Waals surface area contributed by atoms with Crippen molar-refractivity contribution in [3.8, 4) is 5.75 Å². The van der Waals surface area contributed by atoms with Crippen molar-refractivity contribution in [1.29, 1.82) is 0 Å². The molecule has 2 atom stereocenters. The summed E-state index contributed by atoms with van der Waals surface area (Å²) in [7, 11) is 2.38. The molecule has 0 saturated heterocycles. The van der Waals surface area contributed by atoms with Crippen LogP contribution in [0.25, 0.3) is 0 Å². The molecule has 1 aromatic carbocycles. The number of benzene rings is 1. The SMILES string of the molecule is CC.COC(=O)c1cnc(Nc2cccc(OC(F)(P)C(F)F)c2)c([N+](=O)[O-])c1. The number of ether oxygens (including phenoxy) is 2. The number of nitrogens with one attached hydrogen (secondary N) is 1. The van der Waals surface area contributed by atoms with E-state index in [9.17, 15) is 28.1 Å². The van der Waals surface area contributed by atoms with E-state index in [1.54, 1.807) is 0 Å². The molecule has 0 radical (unpaired) electrons. The van der Waals surface area contributed by atoms with Gasteiger partial charge in [-0.15, -0.1) is 0 Å². The summed E-state index contributed by atoms with van der Waals surface area (Å²) in [5, 5.41) is 13.8. The van der Waals surface area contributed by atoms with E-state index in [4.69, 9.17) is 0 Å². The monoisotopic (exact) mass is 433 g/mol. The molecular weight excluding hydrogens is 414 g/mol. The minimum Gasteiger partial charge on any atom is -0.465 e. The first-order chi connectivity index (χ1) is 13.6. The number of hydrogen-bond donors (Lipinski definition) is 1. The van der Waals surface area contributed by atoms with Gasteiger partial charge in [0.2, 0.25) is 5.82 Å². The van der Waals surface area contributed by atoms with Crippen LogP contribution in [-0.4, -0.2) is 35.0 Å². The molecule has 158 valence electrons. The van der Waals surface area contributed by atoms with Crippen molar-refractivity contribution in [2.75, 3.05) is 12.4 Å². The standard InChI is InChI=1S/C15H13F3N3O5P.C2H6/c1-25-13(22)8-5-11(21(23)24)12(19-7-8)20-9-3-2-4-10(6-9)26-15(18,27)14(16)17;1-2/h2-7,14H,27H2,1H3,(H,19,20);1-2H3. The zero-order valence-corrected chi connectivity index (χ0v) is 16.8. The molecule has 0 aliphatic carbocycles. The van der Waals surface area contributed by atoms with Gasteiger partial charge in [0.25, 0.3) is 0 Å². The highest BCUT2D eigenvalue weighted by Crippen LogP contribution is 2.34. The maximum absolute atomic E-state index is 13.6. The number of methoxy groups -OCH3 is 1. The van der Waals surface area contributed by atoms with Crippen LogP contribution >= 0.6 is 9.24 Å². The fourth-order valence-electron chi connectivity index (χ4n) is 1.92. The van der Waals surface area contributed by atoms with E-state index >= 15 is 0 Å². The number of halogens is 3. The Morgan fingerprint density at radius 3 is 2.55 bits per heavy atom. The molecule has 0 spiro atoms. The lowest BCUT2D eigenvalue weighted by molar-refractivity contribution is -0.384. The molecule has 1 N–H and O–H groups in total. The average Bonchev–Trinajstić information content (AvgIpc) is 2.69. The molecule has 0 bridgehead atoms. The highest BCUT2D eigenvalue weighted by molar-refractivity contribution is 7.18. The topological polar surface area (TPSA) is 104 Å².